The minimum Gasteiger partial charge on any atom is -0.350 e. The Hall–Kier alpha value is -2.50. The molecule has 0 saturated heterocycles. The van der Waals surface area contributed by atoms with Crippen molar-refractivity contribution in [1.29, 1.82) is 0 Å². The highest BCUT2D eigenvalue weighted by Gasteiger charge is 2.41. The summed E-state index contributed by atoms with van der Waals surface area (Å²) in [4.78, 5) is 34.5. The molecule has 0 fully saturated rings. The maximum atomic E-state index is 12.6. The van der Waals surface area contributed by atoms with Crippen LogP contribution in [0.2, 0.25) is 0 Å². The number of hydrogen-bond donors (Lipinski definition) is 3. The molecule has 0 aliphatic carbocycles. The Bertz CT molecular complexity index is 774. The third-order valence-electron chi connectivity index (χ3n) is 4.27. The second-order valence-corrected chi connectivity index (χ2v) is 7.35. The number of unbranched alkanes of at least 4 members (excludes halogenated alkanes) is 1. The number of nitrogens with one attached hydrogen (secondary N) is 3. The maximum Gasteiger partial charge on any atom is 0.471 e. The highest BCUT2D eigenvalue weighted by atomic mass is 35.5. The highest BCUT2D eigenvalue weighted by Crippen LogP contribution is 2.24. The fourth-order valence-corrected chi connectivity index (χ4v) is 2.82. The van der Waals surface area contributed by atoms with Gasteiger partial charge in [-0.2, -0.15) is 26.3 Å². The van der Waals surface area contributed by atoms with E-state index in [0.717, 1.165) is 0 Å². The van der Waals surface area contributed by atoms with Crippen LogP contribution in [-0.4, -0.2) is 48.7 Å². The second kappa shape index (κ2) is 11.9. The molecule has 0 bridgehead atoms. The zero-order valence-electron chi connectivity index (χ0n) is 16.8. The van der Waals surface area contributed by atoms with Crippen LogP contribution in [0, 0.1) is 0 Å². The standard InChI is InChI=1S/C19H22ClF6N3O3/c1-11(14(20)12-7-3-2-4-8-12)28-15(30)13(29-17(32)19(24,25)26)9-5-6-10-27-16(31)18(21,22)23/h2-4,7-8,11,13-14H,5-6,9-10H2,1H3,(H,27,31)(H,28,30)(H,29,32)/t11-,13-,14?/m0/s1. The minimum atomic E-state index is -5.23. The zero-order chi connectivity index (χ0) is 24.5. The predicted molar refractivity (Wildman–Crippen MR) is 104 cm³/mol. The second-order valence-electron chi connectivity index (χ2n) is 6.88. The van der Waals surface area contributed by atoms with Crippen molar-refractivity contribution in [2.75, 3.05) is 6.54 Å². The van der Waals surface area contributed by atoms with Crippen LogP contribution in [0.4, 0.5) is 26.3 Å². The van der Waals surface area contributed by atoms with Crippen molar-refractivity contribution in [2.45, 2.75) is 56.0 Å². The molecule has 0 heterocycles. The number of alkyl halides is 7. The molecule has 0 radical (unpaired) electrons. The van der Waals surface area contributed by atoms with Crippen LogP contribution in [0.3, 0.4) is 0 Å². The van der Waals surface area contributed by atoms with Crippen LogP contribution in [0.25, 0.3) is 0 Å². The molecule has 0 aromatic heterocycles. The van der Waals surface area contributed by atoms with Crippen LogP contribution in [0.15, 0.2) is 30.3 Å². The average Bonchev–Trinajstić information content (AvgIpc) is 2.70. The molecule has 1 unspecified atom stereocenters. The number of halogens is 7. The molecule has 0 aliphatic heterocycles. The summed E-state index contributed by atoms with van der Waals surface area (Å²) in [5.74, 6) is -5.42. The summed E-state index contributed by atoms with van der Waals surface area (Å²) in [6.07, 6.45) is -10.7. The summed E-state index contributed by atoms with van der Waals surface area (Å²) in [5.41, 5.74) is 0.651. The Morgan fingerprint density at radius 1 is 0.906 bits per heavy atom. The van der Waals surface area contributed by atoms with E-state index in [1.54, 1.807) is 41.0 Å². The Morgan fingerprint density at radius 3 is 2.00 bits per heavy atom. The van der Waals surface area contributed by atoms with Gasteiger partial charge in [0.15, 0.2) is 0 Å². The van der Waals surface area contributed by atoms with Crippen molar-refractivity contribution in [1.82, 2.24) is 16.0 Å². The topological polar surface area (TPSA) is 87.3 Å². The number of amides is 3. The van der Waals surface area contributed by atoms with E-state index in [2.05, 4.69) is 5.32 Å². The van der Waals surface area contributed by atoms with Crippen molar-refractivity contribution >= 4 is 29.3 Å². The van der Waals surface area contributed by atoms with Crippen molar-refractivity contribution in [3.8, 4) is 0 Å². The first-order valence-corrected chi connectivity index (χ1v) is 9.89. The van der Waals surface area contributed by atoms with Crippen molar-refractivity contribution < 1.29 is 40.7 Å². The number of benzene rings is 1. The van der Waals surface area contributed by atoms with Crippen LogP contribution in [0.5, 0.6) is 0 Å². The molecular formula is C19H22ClF6N3O3. The van der Waals surface area contributed by atoms with Gasteiger partial charge in [0.2, 0.25) is 5.91 Å². The van der Waals surface area contributed by atoms with Crippen molar-refractivity contribution in [2.24, 2.45) is 0 Å². The lowest BCUT2D eigenvalue weighted by molar-refractivity contribution is -0.174. The minimum absolute atomic E-state index is 0.0499. The molecule has 180 valence electrons. The third-order valence-corrected chi connectivity index (χ3v) is 4.90. The van der Waals surface area contributed by atoms with E-state index in [4.69, 9.17) is 11.6 Å². The molecule has 3 atom stereocenters. The third kappa shape index (κ3) is 9.33. The van der Waals surface area contributed by atoms with Gasteiger partial charge in [-0.1, -0.05) is 30.3 Å². The van der Waals surface area contributed by atoms with Gasteiger partial charge in [0, 0.05) is 12.6 Å². The first kappa shape index (κ1) is 27.5. The molecule has 3 amide bonds. The van der Waals surface area contributed by atoms with Crippen molar-refractivity contribution in [3.05, 3.63) is 35.9 Å². The highest BCUT2D eigenvalue weighted by molar-refractivity contribution is 6.21. The fraction of sp³-hybridized carbons (Fsp3) is 0.526. The lowest BCUT2D eigenvalue weighted by Crippen LogP contribution is -2.52. The Morgan fingerprint density at radius 2 is 1.47 bits per heavy atom. The Labute approximate surface area is 185 Å². The van der Waals surface area contributed by atoms with Gasteiger partial charge in [-0.15, -0.1) is 11.6 Å². The van der Waals surface area contributed by atoms with Crippen LogP contribution >= 0.6 is 11.6 Å². The largest absolute Gasteiger partial charge is 0.471 e. The van der Waals surface area contributed by atoms with Gasteiger partial charge in [0.25, 0.3) is 0 Å². The van der Waals surface area contributed by atoms with Gasteiger partial charge >= 0.3 is 24.2 Å². The monoisotopic (exact) mass is 489 g/mol. The Balaban J connectivity index is 2.70. The van der Waals surface area contributed by atoms with Crippen LogP contribution in [0.1, 0.15) is 37.1 Å². The number of carbonyl (C=O) groups is 3. The summed E-state index contributed by atoms with van der Waals surface area (Å²) >= 11 is 6.28. The summed E-state index contributed by atoms with van der Waals surface area (Å²) in [7, 11) is 0. The van der Waals surface area contributed by atoms with Crippen LogP contribution < -0.4 is 16.0 Å². The molecule has 1 rings (SSSR count). The first-order chi connectivity index (χ1) is 14.7. The molecule has 1 aromatic rings. The summed E-state index contributed by atoms with van der Waals surface area (Å²) in [6, 6.07) is 6.23. The molecule has 0 aliphatic rings. The van der Waals surface area contributed by atoms with Gasteiger partial charge < -0.3 is 16.0 Å². The summed E-state index contributed by atoms with van der Waals surface area (Å²) in [5, 5.41) is 4.92. The zero-order valence-corrected chi connectivity index (χ0v) is 17.6. The summed E-state index contributed by atoms with van der Waals surface area (Å²) < 4.78 is 74.2. The van der Waals surface area contributed by atoms with Gasteiger partial charge in [0.1, 0.15) is 6.04 Å². The van der Waals surface area contributed by atoms with E-state index in [1.165, 1.54) is 6.92 Å². The molecule has 1 aromatic carbocycles. The number of rotatable bonds is 10. The van der Waals surface area contributed by atoms with E-state index in [-0.39, 0.29) is 19.3 Å². The SMILES string of the molecule is C[C@H](NC(=O)[C@H](CCCCNC(=O)C(F)(F)F)NC(=O)C(F)(F)F)C(Cl)c1ccccc1. The smallest absolute Gasteiger partial charge is 0.350 e. The van der Waals surface area contributed by atoms with Gasteiger partial charge in [-0.25, -0.2) is 0 Å². The lowest BCUT2D eigenvalue weighted by Gasteiger charge is -2.24. The fourth-order valence-electron chi connectivity index (χ4n) is 2.61. The molecule has 13 heteroatoms. The van der Waals surface area contributed by atoms with E-state index in [9.17, 15) is 40.7 Å². The molecule has 3 N–H and O–H groups in total. The van der Waals surface area contributed by atoms with E-state index in [0.29, 0.717) is 5.56 Å². The molecule has 6 nitrogen and oxygen atoms in total. The van der Waals surface area contributed by atoms with E-state index in [1.807, 2.05) is 0 Å². The number of hydrogen-bond acceptors (Lipinski definition) is 3. The van der Waals surface area contributed by atoms with Crippen molar-refractivity contribution in [3.63, 3.8) is 0 Å². The lowest BCUT2D eigenvalue weighted by atomic mass is 10.0. The van der Waals surface area contributed by atoms with Gasteiger partial charge in [-0.05, 0) is 31.7 Å². The van der Waals surface area contributed by atoms with Gasteiger partial charge in [0.05, 0.1) is 5.38 Å². The van der Waals surface area contributed by atoms with E-state index >= 15 is 0 Å². The number of carbonyl (C=O) groups excluding carboxylic acids is 3. The maximum absolute atomic E-state index is 12.6. The molecular weight excluding hydrogens is 468 g/mol. The predicted octanol–water partition coefficient (Wildman–Crippen LogP) is 3.37. The summed E-state index contributed by atoms with van der Waals surface area (Å²) in [6.45, 7) is 1.12. The molecule has 0 saturated carbocycles. The first-order valence-electron chi connectivity index (χ1n) is 9.45. The molecule has 0 spiro atoms. The molecule has 32 heavy (non-hydrogen) atoms. The van der Waals surface area contributed by atoms with Gasteiger partial charge in [-0.3, -0.25) is 14.4 Å². The van der Waals surface area contributed by atoms with E-state index < -0.39 is 54.1 Å². The average molecular weight is 490 g/mol. The Kier molecular flexibility index (Phi) is 10.3. The quantitative estimate of drug-likeness (QED) is 0.267. The van der Waals surface area contributed by atoms with Crippen LogP contribution in [-0.2, 0) is 14.4 Å². The normalized spacial score (nSPS) is 14.8.